The molecule has 0 saturated heterocycles. The van der Waals surface area contributed by atoms with E-state index in [1.54, 1.807) is 44.6 Å². The van der Waals surface area contributed by atoms with E-state index >= 15 is 0 Å². The number of anilines is 1. The van der Waals surface area contributed by atoms with E-state index < -0.39 is 0 Å². The number of amides is 2. The second-order valence-electron chi connectivity index (χ2n) is 5.85. The highest BCUT2D eigenvalue weighted by Gasteiger charge is 2.20. The smallest absolute Gasteiger partial charge is 0.262 e. The lowest BCUT2D eigenvalue weighted by atomic mass is 10.1. The van der Waals surface area contributed by atoms with Crippen LogP contribution in [0, 0.1) is 0 Å². The fourth-order valence-corrected chi connectivity index (χ4v) is 2.75. The van der Waals surface area contributed by atoms with E-state index in [0.29, 0.717) is 28.5 Å². The molecule has 1 atom stereocenters. The highest BCUT2D eigenvalue weighted by Crippen LogP contribution is 2.31. The first-order valence-electron chi connectivity index (χ1n) is 8.11. The van der Waals surface area contributed by atoms with Gasteiger partial charge in [-0.05, 0) is 43.3 Å². The van der Waals surface area contributed by atoms with Crippen molar-refractivity contribution < 1.29 is 23.8 Å². The van der Waals surface area contributed by atoms with E-state index in [0.717, 1.165) is 5.56 Å². The minimum atomic E-state index is -0.302. The third-order valence-corrected chi connectivity index (χ3v) is 4.13. The lowest BCUT2D eigenvalue weighted by molar-refractivity contribution is -0.118. The van der Waals surface area contributed by atoms with Crippen molar-refractivity contribution in [3.05, 3.63) is 47.5 Å². The molecule has 0 radical (unpaired) electrons. The minimum Gasteiger partial charge on any atom is -0.497 e. The van der Waals surface area contributed by atoms with Gasteiger partial charge in [0, 0.05) is 11.1 Å². The Morgan fingerprint density at radius 3 is 2.73 bits per heavy atom. The second-order valence-corrected chi connectivity index (χ2v) is 5.85. The molecule has 1 heterocycles. The van der Waals surface area contributed by atoms with Gasteiger partial charge in [0.2, 0.25) is 0 Å². The van der Waals surface area contributed by atoms with Crippen LogP contribution in [-0.2, 0) is 4.79 Å². The topological polar surface area (TPSA) is 85.9 Å². The third kappa shape index (κ3) is 3.56. The summed E-state index contributed by atoms with van der Waals surface area (Å²) in [4.78, 5) is 23.9. The lowest BCUT2D eigenvalue weighted by Gasteiger charge is -2.20. The lowest BCUT2D eigenvalue weighted by Crippen LogP contribution is -2.28. The molecule has 2 aromatic carbocycles. The van der Waals surface area contributed by atoms with Crippen LogP contribution in [0.4, 0.5) is 5.69 Å². The van der Waals surface area contributed by atoms with Gasteiger partial charge in [0.15, 0.2) is 6.61 Å². The molecule has 0 spiro atoms. The van der Waals surface area contributed by atoms with Crippen LogP contribution in [0.1, 0.15) is 28.9 Å². The number of fused-ring (bicyclic) bond motifs is 1. The summed E-state index contributed by atoms with van der Waals surface area (Å²) < 4.78 is 16.0. The van der Waals surface area contributed by atoms with Crippen molar-refractivity contribution in [3.63, 3.8) is 0 Å². The third-order valence-electron chi connectivity index (χ3n) is 4.13. The zero-order chi connectivity index (χ0) is 18.7. The van der Waals surface area contributed by atoms with Gasteiger partial charge in [-0.3, -0.25) is 9.59 Å². The van der Waals surface area contributed by atoms with Crippen molar-refractivity contribution in [2.45, 2.75) is 13.0 Å². The van der Waals surface area contributed by atoms with Crippen LogP contribution in [0.5, 0.6) is 17.2 Å². The Morgan fingerprint density at radius 2 is 2.00 bits per heavy atom. The summed E-state index contributed by atoms with van der Waals surface area (Å²) in [7, 11) is 3.16. The molecule has 0 bridgehead atoms. The molecular weight excluding hydrogens is 336 g/mol. The minimum absolute atomic E-state index is 0.0600. The molecular formula is C19H20N2O5. The van der Waals surface area contributed by atoms with E-state index in [1.165, 1.54) is 0 Å². The number of nitrogens with one attached hydrogen (secondary N) is 2. The van der Waals surface area contributed by atoms with Gasteiger partial charge in [0.25, 0.3) is 11.8 Å². The number of methoxy groups -OCH3 is 2. The Kier molecular flexibility index (Phi) is 4.97. The summed E-state index contributed by atoms with van der Waals surface area (Å²) in [5.41, 5.74) is 1.80. The Bertz CT molecular complexity index is 850. The van der Waals surface area contributed by atoms with Crippen LogP contribution < -0.4 is 24.8 Å². The predicted octanol–water partition coefficient (Wildman–Crippen LogP) is 2.53. The van der Waals surface area contributed by atoms with Crippen LogP contribution in [0.3, 0.4) is 0 Å². The highest BCUT2D eigenvalue weighted by atomic mass is 16.5. The van der Waals surface area contributed by atoms with E-state index in [9.17, 15) is 9.59 Å². The van der Waals surface area contributed by atoms with Crippen molar-refractivity contribution in [2.75, 3.05) is 26.1 Å². The molecule has 7 nitrogen and oxygen atoms in total. The van der Waals surface area contributed by atoms with Gasteiger partial charge in [0.05, 0.1) is 25.9 Å². The molecule has 1 aliphatic rings. The SMILES string of the molecule is COc1ccc(OC)c(C(C)NC(=O)c2ccc3c(c2)OCC(=O)N3)c1. The molecule has 1 aliphatic heterocycles. The average molecular weight is 356 g/mol. The molecule has 3 rings (SSSR count). The van der Waals surface area contributed by atoms with Crippen molar-refractivity contribution in [1.29, 1.82) is 0 Å². The maximum atomic E-state index is 12.6. The average Bonchev–Trinajstić information content (AvgIpc) is 2.66. The normalized spacial score (nSPS) is 13.7. The van der Waals surface area contributed by atoms with Crippen LogP contribution >= 0.6 is 0 Å². The van der Waals surface area contributed by atoms with Gasteiger partial charge >= 0.3 is 0 Å². The fourth-order valence-electron chi connectivity index (χ4n) is 2.75. The number of carbonyl (C=O) groups is 2. The Balaban J connectivity index is 1.79. The summed E-state index contributed by atoms with van der Waals surface area (Å²) in [5.74, 6) is 1.35. The first kappa shape index (κ1) is 17.6. The van der Waals surface area contributed by atoms with Crippen LogP contribution in [-0.4, -0.2) is 32.6 Å². The van der Waals surface area contributed by atoms with Gasteiger partial charge in [-0.2, -0.15) is 0 Å². The Morgan fingerprint density at radius 1 is 1.19 bits per heavy atom. The summed E-state index contributed by atoms with van der Waals surface area (Å²) >= 11 is 0. The Hall–Kier alpha value is -3.22. The zero-order valence-electron chi connectivity index (χ0n) is 14.8. The second kappa shape index (κ2) is 7.35. The first-order valence-corrected chi connectivity index (χ1v) is 8.11. The van der Waals surface area contributed by atoms with E-state index in [1.807, 2.05) is 13.0 Å². The monoisotopic (exact) mass is 356 g/mol. The summed E-state index contributed by atoms with van der Waals surface area (Å²) in [6.07, 6.45) is 0. The number of hydrogen-bond acceptors (Lipinski definition) is 5. The van der Waals surface area contributed by atoms with Crippen LogP contribution in [0.15, 0.2) is 36.4 Å². The molecule has 0 saturated carbocycles. The summed E-state index contributed by atoms with van der Waals surface area (Å²) in [6.45, 7) is 1.81. The molecule has 0 aromatic heterocycles. The molecule has 7 heteroatoms. The molecule has 2 N–H and O–H groups in total. The molecule has 1 unspecified atom stereocenters. The standard InChI is InChI=1S/C19H20N2O5/c1-11(14-9-13(24-2)5-7-16(14)25-3)20-19(23)12-4-6-15-17(8-12)26-10-18(22)21-15/h4-9,11H,10H2,1-3H3,(H,20,23)(H,21,22). The summed E-state index contributed by atoms with van der Waals surface area (Å²) in [6, 6.07) is 10.0. The number of benzene rings is 2. The van der Waals surface area contributed by atoms with Crippen LogP contribution in [0.2, 0.25) is 0 Å². The number of hydrogen-bond donors (Lipinski definition) is 2. The molecule has 2 amide bonds. The van der Waals surface area contributed by atoms with E-state index in [-0.39, 0.29) is 24.5 Å². The zero-order valence-corrected chi connectivity index (χ0v) is 14.8. The first-order chi connectivity index (χ1) is 12.5. The maximum absolute atomic E-state index is 12.6. The van der Waals surface area contributed by atoms with E-state index in [4.69, 9.17) is 14.2 Å². The van der Waals surface area contributed by atoms with Gasteiger partial charge in [-0.15, -0.1) is 0 Å². The number of carbonyl (C=O) groups excluding carboxylic acids is 2. The van der Waals surface area contributed by atoms with Gasteiger partial charge in [0.1, 0.15) is 17.2 Å². The van der Waals surface area contributed by atoms with E-state index in [2.05, 4.69) is 10.6 Å². The van der Waals surface area contributed by atoms with Gasteiger partial charge < -0.3 is 24.8 Å². The Labute approximate surface area is 151 Å². The van der Waals surface area contributed by atoms with Crippen molar-refractivity contribution in [3.8, 4) is 17.2 Å². The van der Waals surface area contributed by atoms with Gasteiger partial charge in [-0.25, -0.2) is 0 Å². The predicted molar refractivity (Wildman–Crippen MR) is 96.0 cm³/mol. The molecule has 26 heavy (non-hydrogen) atoms. The maximum Gasteiger partial charge on any atom is 0.262 e. The summed E-state index contributed by atoms with van der Waals surface area (Å²) in [5, 5.41) is 5.63. The molecule has 0 aliphatic carbocycles. The molecule has 136 valence electrons. The molecule has 2 aromatic rings. The molecule has 0 fully saturated rings. The van der Waals surface area contributed by atoms with Gasteiger partial charge in [-0.1, -0.05) is 0 Å². The largest absolute Gasteiger partial charge is 0.497 e. The highest BCUT2D eigenvalue weighted by molar-refractivity contribution is 5.99. The van der Waals surface area contributed by atoms with Crippen molar-refractivity contribution >= 4 is 17.5 Å². The fraction of sp³-hybridized carbons (Fsp3) is 0.263. The number of rotatable bonds is 5. The number of ether oxygens (including phenoxy) is 3. The van der Waals surface area contributed by atoms with Crippen LogP contribution in [0.25, 0.3) is 0 Å². The van der Waals surface area contributed by atoms with Crippen molar-refractivity contribution in [1.82, 2.24) is 5.32 Å². The van der Waals surface area contributed by atoms with Crippen molar-refractivity contribution in [2.24, 2.45) is 0 Å². The quantitative estimate of drug-likeness (QED) is 0.860.